The maximum atomic E-state index is 12.6. The van der Waals surface area contributed by atoms with Crippen LogP contribution in [-0.4, -0.2) is 49.0 Å². The second-order valence-electron chi connectivity index (χ2n) is 7.37. The van der Waals surface area contributed by atoms with Gasteiger partial charge in [-0.3, -0.25) is 14.5 Å². The number of piperidine rings is 1. The van der Waals surface area contributed by atoms with Crippen LogP contribution < -0.4 is 15.4 Å². The fourth-order valence-electron chi connectivity index (χ4n) is 3.14. The summed E-state index contributed by atoms with van der Waals surface area (Å²) in [7, 11) is 0. The molecule has 2 N–H and O–H groups in total. The summed E-state index contributed by atoms with van der Waals surface area (Å²) in [6.07, 6.45) is 5.45. The molecule has 1 aliphatic rings. The molecule has 2 rings (SSSR count). The van der Waals surface area contributed by atoms with E-state index < -0.39 is 0 Å². The summed E-state index contributed by atoms with van der Waals surface area (Å²) in [5.74, 6) is 0.311. The number of anilines is 1. The Labute approximate surface area is 162 Å². The van der Waals surface area contributed by atoms with Crippen molar-refractivity contribution in [2.45, 2.75) is 59.0 Å². The molecule has 0 unspecified atom stereocenters. The molecule has 0 saturated carbocycles. The lowest BCUT2D eigenvalue weighted by atomic mass is 10.1. The molecule has 27 heavy (non-hydrogen) atoms. The summed E-state index contributed by atoms with van der Waals surface area (Å²) >= 11 is 0. The van der Waals surface area contributed by atoms with Crippen LogP contribution in [0.4, 0.5) is 5.69 Å². The molecule has 0 atom stereocenters. The van der Waals surface area contributed by atoms with Gasteiger partial charge in [0.15, 0.2) is 0 Å². The lowest BCUT2D eigenvalue weighted by Gasteiger charge is -2.25. The van der Waals surface area contributed by atoms with Gasteiger partial charge < -0.3 is 15.4 Å². The molecule has 150 valence electrons. The van der Waals surface area contributed by atoms with E-state index in [1.54, 1.807) is 18.2 Å². The molecule has 6 heteroatoms. The lowest BCUT2D eigenvalue weighted by molar-refractivity contribution is -0.117. The maximum Gasteiger partial charge on any atom is 0.255 e. The van der Waals surface area contributed by atoms with Crippen molar-refractivity contribution in [3.63, 3.8) is 0 Å². The van der Waals surface area contributed by atoms with Gasteiger partial charge >= 0.3 is 0 Å². The Bertz CT molecular complexity index is 625. The number of rotatable bonds is 9. The summed E-state index contributed by atoms with van der Waals surface area (Å²) in [5, 5.41) is 5.84. The van der Waals surface area contributed by atoms with Gasteiger partial charge in [0.25, 0.3) is 5.91 Å². The maximum absolute atomic E-state index is 12.6. The Kier molecular flexibility index (Phi) is 8.58. The van der Waals surface area contributed by atoms with Crippen molar-refractivity contribution in [2.75, 3.05) is 31.5 Å². The number of unbranched alkanes of at least 4 members (excludes halogenated alkanes) is 1. The van der Waals surface area contributed by atoms with Crippen LogP contribution in [0.25, 0.3) is 0 Å². The van der Waals surface area contributed by atoms with Crippen LogP contribution in [0.2, 0.25) is 0 Å². The average molecular weight is 376 g/mol. The van der Waals surface area contributed by atoms with Crippen LogP contribution in [0.3, 0.4) is 0 Å². The van der Waals surface area contributed by atoms with Gasteiger partial charge in [0.05, 0.1) is 18.2 Å². The number of amides is 2. The lowest BCUT2D eigenvalue weighted by Crippen LogP contribution is -2.36. The summed E-state index contributed by atoms with van der Waals surface area (Å²) in [5.41, 5.74) is 1.07. The molecule has 0 radical (unpaired) electrons. The second kappa shape index (κ2) is 10.9. The van der Waals surface area contributed by atoms with Crippen LogP contribution in [0.1, 0.15) is 63.2 Å². The minimum Gasteiger partial charge on any atom is -0.490 e. The predicted octanol–water partition coefficient (Wildman–Crippen LogP) is 3.43. The Hall–Kier alpha value is -2.08. The fraction of sp³-hybridized carbons (Fsp3) is 0.619. The van der Waals surface area contributed by atoms with Gasteiger partial charge in [0, 0.05) is 12.2 Å². The molecule has 1 aromatic rings. The number of benzene rings is 1. The number of ether oxygens (including phenoxy) is 1. The number of hydrogen-bond acceptors (Lipinski definition) is 4. The molecule has 0 spiro atoms. The van der Waals surface area contributed by atoms with E-state index in [1.807, 2.05) is 13.8 Å². The zero-order valence-electron chi connectivity index (χ0n) is 16.8. The van der Waals surface area contributed by atoms with E-state index in [0.29, 0.717) is 30.1 Å². The molecule has 1 heterocycles. The summed E-state index contributed by atoms with van der Waals surface area (Å²) in [6, 6.07) is 5.24. The van der Waals surface area contributed by atoms with E-state index >= 15 is 0 Å². The highest BCUT2D eigenvalue weighted by Gasteiger charge is 2.17. The van der Waals surface area contributed by atoms with Crippen LogP contribution in [-0.2, 0) is 4.79 Å². The van der Waals surface area contributed by atoms with Crippen LogP contribution in [0.15, 0.2) is 18.2 Å². The molecule has 1 fully saturated rings. The van der Waals surface area contributed by atoms with Crippen molar-refractivity contribution in [2.24, 2.45) is 0 Å². The van der Waals surface area contributed by atoms with Crippen molar-refractivity contribution in [1.29, 1.82) is 0 Å². The minimum absolute atomic E-state index is 0.0354. The third-order valence-electron chi connectivity index (χ3n) is 4.50. The monoisotopic (exact) mass is 375 g/mol. The first-order chi connectivity index (χ1) is 13.0. The topological polar surface area (TPSA) is 70.7 Å². The van der Waals surface area contributed by atoms with E-state index in [-0.39, 0.29) is 17.9 Å². The van der Waals surface area contributed by atoms with Gasteiger partial charge in [0.1, 0.15) is 5.75 Å². The smallest absolute Gasteiger partial charge is 0.255 e. The third-order valence-corrected chi connectivity index (χ3v) is 4.50. The molecule has 0 aliphatic carbocycles. The van der Waals surface area contributed by atoms with Crippen LogP contribution in [0.5, 0.6) is 5.75 Å². The van der Waals surface area contributed by atoms with E-state index in [9.17, 15) is 9.59 Å². The molecule has 6 nitrogen and oxygen atoms in total. The van der Waals surface area contributed by atoms with E-state index in [1.165, 1.54) is 6.42 Å². The minimum atomic E-state index is -0.175. The summed E-state index contributed by atoms with van der Waals surface area (Å²) < 4.78 is 5.77. The Balaban J connectivity index is 2.06. The highest BCUT2D eigenvalue weighted by atomic mass is 16.5. The molecular formula is C21H33N3O3. The van der Waals surface area contributed by atoms with Crippen molar-refractivity contribution in [3.05, 3.63) is 23.8 Å². The van der Waals surface area contributed by atoms with E-state index in [2.05, 4.69) is 22.5 Å². The van der Waals surface area contributed by atoms with Gasteiger partial charge in [-0.05, 0) is 64.4 Å². The number of carbonyl (C=O) groups excluding carboxylic acids is 2. The van der Waals surface area contributed by atoms with Crippen LogP contribution >= 0.6 is 0 Å². The normalized spacial score (nSPS) is 14.8. The van der Waals surface area contributed by atoms with Crippen molar-refractivity contribution in [1.82, 2.24) is 10.2 Å². The molecule has 0 aromatic heterocycles. The van der Waals surface area contributed by atoms with E-state index in [4.69, 9.17) is 4.74 Å². The SMILES string of the molecule is CCCCNC(=O)c1cc(NC(=O)CN2CCCCC2)ccc1OC(C)C. The second-order valence-corrected chi connectivity index (χ2v) is 7.37. The standard InChI is InChI=1S/C21H33N3O3/c1-4-5-11-22-21(26)18-14-17(9-10-19(18)27-16(2)3)23-20(25)15-24-12-7-6-8-13-24/h9-10,14,16H,4-8,11-13,15H2,1-3H3,(H,22,26)(H,23,25). The molecule has 2 amide bonds. The predicted molar refractivity (Wildman–Crippen MR) is 108 cm³/mol. The average Bonchev–Trinajstić information content (AvgIpc) is 2.63. The van der Waals surface area contributed by atoms with Gasteiger partial charge in [0.2, 0.25) is 5.91 Å². The Morgan fingerprint density at radius 2 is 1.93 bits per heavy atom. The fourth-order valence-corrected chi connectivity index (χ4v) is 3.14. The van der Waals surface area contributed by atoms with Crippen molar-refractivity contribution in [3.8, 4) is 5.75 Å². The summed E-state index contributed by atoms with van der Waals surface area (Å²) in [6.45, 7) is 8.89. The quantitative estimate of drug-likeness (QED) is 0.649. The number of likely N-dealkylation sites (tertiary alicyclic amines) is 1. The first kappa shape index (κ1) is 21.2. The highest BCUT2D eigenvalue weighted by Crippen LogP contribution is 2.24. The zero-order chi connectivity index (χ0) is 19.6. The van der Waals surface area contributed by atoms with Gasteiger partial charge in [-0.1, -0.05) is 19.8 Å². The molecule has 0 bridgehead atoms. The zero-order valence-corrected chi connectivity index (χ0v) is 16.8. The Morgan fingerprint density at radius 3 is 2.59 bits per heavy atom. The highest BCUT2D eigenvalue weighted by molar-refractivity contribution is 5.99. The van der Waals surface area contributed by atoms with Crippen LogP contribution in [0, 0.1) is 0 Å². The van der Waals surface area contributed by atoms with Crippen molar-refractivity contribution < 1.29 is 14.3 Å². The molecule has 1 saturated heterocycles. The Morgan fingerprint density at radius 1 is 1.19 bits per heavy atom. The molecule has 1 aliphatic heterocycles. The number of nitrogens with one attached hydrogen (secondary N) is 2. The number of hydrogen-bond donors (Lipinski definition) is 2. The molecular weight excluding hydrogens is 342 g/mol. The van der Waals surface area contributed by atoms with Gasteiger partial charge in [-0.15, -0.1) is 0 Å². The van der Waals surface area contributed by atoms with Gasteiger partial charge in [-0.2, -0.15) is 0 Å². The van der Waals surface area contributed by atoms with Gasteiger partial charge in [-0.25, -0.2) is 0 Å². The number of nitrogens with zero attached hydrogens (tertiary/aromatic N) is 1. The third kappa shape index (κ3) is 7.21. The number of carbonyl (C=O) groups is 2. The first-order valence-corrected chi connectivity index (χ1v) is 10.1. The van der Waals surface area contributed by atoms with E-state index in [0.717, 1.165) is 38.8 Å². The van der Waals surface area contributed by atoms with Crippen molar-refractivity contribution >= 4 is 17.5 Å². The summed E-state index contributed by atoms with van der Waals surface area (Å²) in [4.78, 5) is 27.1. The largest absolute Gasteiger partial charge is 0.490 e. The first-order valence-electron chi connectivity index (χ1n) is 10.1. The molecule has 1 aromatic carbocycles.